The molecule has 1 aromatic rings. The highest BCUT2D eigenvalue weighted by Crippen LogP contribution is 2.15. The van der Waals surface area contributed by atoms with Gasteiger partial charge in [-0.05, 0) is 24.3 Å². The van der Waals surface area contributed by atoms with Gasteiger partial charge >= 0.3 is 0 Å². The summed E-state index contributed by atoms with van der Waals surface area (Å²) in [4.78, 5) is 27.3. The molecule has 1 aliphatic rings. The monoisotopic (exact) mass is 302 g/mol. The third-order valence-corrected chi connectivity index (χ3v) is 4.37. The maximum absolute atomic E-state index is 12.3. The lowest BCUT2D eigenvalue weighted by molar-refractivity contribution is -0.139. The van der Waals surface area contributed by atoms with Crippen molar-refractivity contribution in [3.05, 3.63) is 35.9 Å². The first-order valence-electron chi connectivity index (χ1n) is 8.13. The van der Waals surface area contributed by atoms with Gasteiger partial charge in [-0.25, -0.2) is 0 Å². The standard InChI is InChI=1S/C18H26N2O2/c1-15(8-9-17-6-4-3-5-7-17)14-18(22)20-12-10-19(11-13-20)16(2)21/h3-7,15H,8-14H2,1-2H3. The van der Waals surface area contributed by atoms with Crippen molar-refractivity contribution in [2.24, 2.45) is 5.92 Å². The average molecular weight is 302 g/mol. The van der Waals surface area contributed by atoms with E-state index in [1.807, 2.05) is 15.9 Å². The Labute approximate surface area is 133 Å². The molecule has 0 radical (unpaired) electrons. The van der Waals surface area contributed by atoms with Gasteiger partial charge in [0.15, 0.2) is 0 Å². The number of carbonyl (C=O) groups is 2. The van der Waals surface area contributed by atoms with E-state index in [4.69, 9.17) is 0 Å². The minimum absolute atomic E-state index is 0.100. The Morgan fingerprint density at radius 1 is 1.05 bits per heavy atom. The van der Waals surface area contributed by atoms with Crippen LogP contribution in [0.2, 0.25) is 0 Å². The normalized spacial score (nSPS) is 16.5. The number of carbonyl (C=O) groups excluding carboxylic acids is 2. The summed E-state index contributed by atoms with van der Waals surface area (Å²) in [5.74, 6) is 0.714. The Morgan fingerprint density at radius 3 is 2.23 bits per heavy atom. The van der Waals surface area contributed by atoms with Crippen LogP contribution in [0.3, 0.4) is 0 Å². The third kappa shape index (κ3) is 4.86. The van der Waals surface area contributed by atoms with Crippen LogP contribution in [0.15, 0.2) is 30.3 Å². The molecule has 0 N–H and O–H groups in total. The molecule has 0 saturated carbocycles. The van der Waals surface area contributed by atoms with Gasteiger partial charge in [-0.3, -0.25) is 9.59 Å². The van der Waals surface area contributed by atoms with E-state index in [1.54, 1.807) is 6.92 Å². The summed E-state index contributed by atoms with van der Waals surface area (Å²) in [6.07, 6.45) is 2.66. The van der Waals surface area contributed by atoms with Gasteiger partial charge in [-0.1, -0.05) is 37.3 Å². The van der Waals surface area contributed by atoms with Gasteiger partial charge in [-0.2, -0.15) is 0 Å². The molecule has 4 heteroatoms. The first kappa shape index (κ1) is 16.5. The molecule has 0 spiro atoms. The zero-order valence-corrected chi connectivity index (χ0v) is 13.6. The number of piperazine rings is 1. The predicted octanol–water partition coefficient (Wildman–Crippen LogP) is 2.34. The Kier molecular flexibility index (Phi) is 5.99. The zero-order valence-electron chi connectivity index (χ0n) is 13.6. The molecule has 0 aliphatic carbocycles. The van der Waals surface area contributed by atoms with Crippen molar-refractivity contribution in [1.29, 1.82) is 0 Å². The highest BCUT2D eigenvalue weighted by Gasteiger charge is 2.23. The molecule has 0 aromatic heterocycles. The molecular weight excluding hydrogens is 276 g/mol. The van der Waals surface area contributed by atoms with Crippen LogP contribution >= 0.6 is 0 Å². The number of hydrogen-bond acceptors (Lipinski definition) is 2. The van der Waals surface area contributed by atoms with Gasteiger partial charge in [0.2, 0.25) is 11.8 Å². The molecule has 4 nitrogen and oxygen atoms in total. The number of rotatable bonds is 5. The summed E-state index contributed by atoms with van der Waals surface area (Å²) in [5, 5.41) is 0. The number of amides is 2. The molecule has 1 atom stereocenters. The summed E-state index contributed by atoms with van der Waals surface area (Å²) in [6, 6.07) is 10.4. The van der Waals surface area contributed by atoms with Crippen LogP contribution in [0.4, 0.5) is 0 Å². The second kappa shape index (κ2) is 7.97. The fourth-order valence-electron chi connectivity index (χ4n) is 2.86. The van der Waals surface area contributed by atoms with Crippen molar-refractivity contribution in [1.82, 2.24) is 9.80 Å². The number of hydrogen-bond donors (Lipinski definition) is 0. The van der Waals surface area contributed by atoms with Crippen LogP contribution in [0.5, 0.6) is 0 Å². The minimum atomic E-state index is 0.100. The van der Waals surface area contributed by atoms with E-state index in [0.29, 0.717) is 38.5 Å². The van der Waals surface area contributed by atoms with Gasteiger partial charge in [0.25, 0.3) is 0 Å². The van der Waals surface area contributed by atoms with E-state index >= 15 is 0 Å². The molecular formula is C18H26N2O2. The van der Waals surface area contributed by atoms with E-state index in [1.165, 1.54) is 5.56 Å². The Bertz CT molecular complexity index is 493. The maximum Gasteiger partial charge on any atom is 0.222 e. The number of nitrogens with zero attached hydrogens (tertiary/aromatic N) is 2. The number of aryl methyl sites for hydroxylation is 1. The first-order valence-corrected chi connectivity index (χ1v) is 8.13. The molecule has 0 bridgehead atoms. The topological polar surface area (TPSA) is 40.6 Å². The predicted molar refractivity (Wildman–Crippen MR) is 87.4 cm³/mol. The molecule has 22 heavy (non-hydrogen) atoms. The van der Waals surface area contributed by atoms with E-state index in [9.17, 15) is 9.59 Å². The quantitative estimate of drug-likeness (QED) is 0.837. The van der Waals surface area contributed by atoms with Crippen LogP contribution in [-0.2, 0) is 16.0 Å². The van der Waals surface area contributed by atoms with Crippen molar-refractivity contribution in [3.63, 3.8) is 0 Å². The second-order valence-electron chi connectivity index (χ2n) is 6.22. The summed E-state index contributed by atoms with van der Waals surface area (Å²) in [7, 11) is 0. The van der Waals surface area contributed by atoms with E-state index in [2.05, 4.69) is 31.2 Å². The molecule has 1 aromatic carbocycles. The van der Waals surface area contributed by atoms with E-state index < -0.39 is 0 Å². The first-order chi connectivity index (χ1) is 10.6. The van der Waals surface area contributed by atoms with Gasteiger partial charge in [0.1, 0.15) is 0 Å². The van der Waals surface area contributed by atoms with Crippen molar-refractivity contribution in [2.75, 3.05) is 26.2 Å². The lowest BCUT2D eigenvalue weighted by Gasteiger charge is -2.34. The van der Waals surface area contributed by atoms with Crippen molar-refractivity contribution in [2.45, 2.75) is 33.1 Å². The van der Waals surface area contributed by atoms with Gasteiger partial charge < -0.3 is 9.80 Å². The Hall–Kier alpha value is -1.84. The highest BCUT2D eigenvalue weighted by molar-refractivity contribution is 5.77. The van der Waals surface area contributed by atoms with Gasteiger partial charge in [0.05, 0.1) is 0 Å². The summed E-state index contributed by atoms with van der Waals surface area (Å²) < 4.78 is 0. The third-order valence-electron chi connectivity index (χ3n) is 4.37. The molecule has 2 rings (SSSR count). The van der Waals surface area contributed by atoms with Crippen LogP contribution in [0, 0.1) is 5.92 Å². The highest BCUT2D eigenvalue weighted by atomic mass is 16.2. The molecule has 2 amide bonds. The summed E-state index contributed by atoms with van der Waals surface area (Å²) in [6.45, 7) is 6.41. The van der Waals surface area contributed by atoms with Crippen molar-refractivity contribution >= 4 is 11.8 Å². The van der Waals surface area contributed by atoms with Crippen LogP contribution in [0.25, 0.3) is 0 Å². The fourth-order valence-corrected chi connectivity index (χ4v) is 2.86. The Balaban J connectivity index is 1.71. The van der Waals surface area contributed by atoms with E-state index in [-0.39, 0.29) is 11.8 Å². The largest absolute Gasteiger partial charge is 0.339 e. The molecule has 1 fully saturated rings. The zero-order chi connectivity index (χ0) is 15.9. The molecule has 1 aliphatic heterocycles. The molecule has 1 unspecified atom stereocenters. The average Bonchev–Trinajstić information content (AvgIpc) is 2.54. The smallest absolute Gasteiger partial charge is 0.222 e. The lowest BCUT2D eigenvalue weighted by Crippen LogP contribution is -2.50. The van der Waals surface area contributed by atoms with Gasteiger partial charge in [0, 0.05) is 39.5 Å². The summed E-state index contributed by atoms with van der Waals surface area (Å²) >= 11 is 0. The number of benzene rings is 1. The van der Waals surface area contributed by atoms with Crippen molar-refractivity contribution in [3.8, 4) is 0 Å². The van der Waals surface area contributed by atoms with Crippen LogP contribution < -0.4 is 0 Å². The maximum atomic E-state index is 12.3. The van der Waals surface area contributed by atoms with E-state index in [0.717, 1.165) is 12.8 Å². The van der Waals surface area contributed by atoms with Crippen molar-refractivity contribution < 1.29 is 9.59 Å². The van der Waals surface area contributed by atoms with Crippen LogP contribution in [-0.4, -0.2) is 47.8 Å². The minimum Gasteiger partial charge on any atom is -0.339 e. The van der Waals surface area contributed by atoms with Gasteiger partial charge in [-0.15, -0.1) is 0 Å². The summed E-state index contributed by atoms with van der Waals surface area (Å²) in [5.41, 5.74) is 1.33. The SMILES string of the molecule is CC(=O)N1CCN(C(=O)CC(C)CCc2ccccc2)CC1. The van der Waals surface area contributed by atoms with Crippen LogP contribution in [0.1, 0.15) is 32.3 Å². The Morgan fingerprint density at radius 2 is 1.64 bits per heavy atom. The molecule has 1 saturated heterocycles. The second-order valence-corrected chi connectivity index (χ2v) is 6.22. The fraction of sp³-hybridized carbons (Fsp3) is 0.556. The lowest BCUT2D eigenvalue weighted by atomic mass is 9.97. The molecule has 1 heterocycles. The molecule has 120 valence electrons.